The predicted octanol–water partition coefficient (Wildman–Crippen LogP) is 3.23. The normalized spacial score (nSPS) is 10.1. The van der Waals surface area contributed by atoms with E-state index in [1.54, 1.807) is 6.20 Å². The lowest BCUT2D eigenvalue weighted by Crippen LogP contribution is -2.04. The molecule has 0 atom stereocenters. The Labute approximate surface area is 108 Å². The van der Waals surface area contributed by atoms with Crippen molar-refractivity contribution in [3.8, 4) is 0 Å². The fourth-order valence-electron chi connectivity index (χ4n) is 1.44. The second-order valence-corrected chi connectivity index (χ2v) is 4.80. The van der Waals surface area contributed by atoms with Crippen LogP contribution in [0.2, 0.25) is 0 Å². The number of pyridine rings is 1. The van der Waals surface area contributed by atoms with Crippen molar-refractivity contribution in [3.05, 3.63) is 63.0 Å². The minimum absolute atomic E-state index is 0.0257. The monoisotopic (exact) mass is 323 g/mol. The molecule has 0 aliphatic heterocycles. The van der Waals surface area contributed by atoms with Crippen LogP contribution in [0.25, 0.3) is 0 Å². The van der Waals surface area contributed by atoms with Crippen molar-refractivity contribution >= 4 is 28.4 Å². The van der Waals surface area contributed by atoms with Gasteiger partial charge in [0.2, 0.25) is 5.78 Å². The molecule has 0 aliphatic carbocycles. The third kappa shape index (κ3) is 2.47. The largest absolute Gasteiger partial charge is 0.287 e. The number of carbonyl (C=O) groups is 1. The quantitative estimate of drug-likeness (QED) is 0.627. The maximum absolute atomic E-state index is 12.1. The van der Waals surface area contributed by atoms with Gasteiger partial charge in [-0.2, -0.15) is 0 Å². The summed E-state index contributed by atoms with van der Waals surface area (Å²) in [6.07, 6.45) is 1.66. The average Bonchev–Trinajstić information content (AvgIpc) is 2.28. The van der Waals surface area contributed by atoms with Crippen molar-refractivity contribution in [2.45, 2.75) is 6.92 Å². The summed E-state index contributed by atoms with van der Waals surface area (Å²) in [6.45, 7) is 1.95. The third-order valence-corrected chi connectivity index (χ3v) is 2.91. The standard InChI is InChI=1S/C13H10INO/c1-9-5-6-15-12(7-9)13(16)10-3-2-4-11(14)8-10/h2-8H,1H3. The number of nitrogens with zero attached hydrogens (tertiary/aromatic N) is 1. The molecule has 0 saturated carbocycles. The summed E-state index contributed by atoms with van der Waals surface area (Å²) in [6, 6.07) is 11.2. The molecule has 0 spiro atoms. The second-order valence-electron chi connectivity index (χ2n) is 3.56. The van der Waals surface area contributed by atoms with E-state index in [1.165, 1.54) is 0 Å². The SMILES string of the molecule is Cc1ccnc(C(=O)c2cccc(I)c2)c1. The third-order valence-electron chi connectivity index (χ3n) is 2.23. The molecule has 0 radical (unpaired) electrons. The van der Waals surface area contributed by atoms with Gasteiger partial charge in [0.25, 0.3) is 0 Å². The zero-order valence-electron chi connectivity index (χ0n) is 8.77. The lowest BCUT2D eigenvalue weighted by molar-refractivity contribution is 0.103. The van der Waals surface area contributed by atoms with E-state index < -0.39 is 0 Å². The fraction of sp³-hybridized carbons (Fsp3) is 0.0769. The van der Waals surface area contributed by atoms with Gasteiger partial charge in [-0.25, -0.2) is 0 Å². The Balaban J connectivity index is 2.39. The molecule has 1 heterocycles. The van der Waals surface area contributed by atoms with E-state index in [-0.39, 0.29) is 5.78 Å². The maximum Gasteiger partial charge on any atom is 0.211 e. The molecule has 0 amide bonds. The van der Waals surface area contributed by atoms with Gasteiger partial charge in [-0.1, -0.05) is 12.1 Å². The van der Waals surface area contributed by atoms with Crippen molar-refractivity contribution in [2.24, 2.45) is 0 Å². The van der Waals surface area contributed by atoms with Crippen LogP contribution in [-0.2, 0) is 0 Å². The van der Waals surface area contributed by atoms with Gasteiger partial charge < -0.3 is 0 Å². The number of benzene rings is 1. The van der Waals surface area contributed by atoms with Gasteiger partial charge in [0.05, 0.1) is 0 Å². The van der Waals surface area contributed by atoms with Crippen molar-refractivity contribution in [1.29, 1.82) is 0 Å². The molecule has 1 aromatic heterocycles. The molecule has 0 bridgehead atoms. The van der Waals surface area contributed by atoms with Crippen molar-refractivity contribution in [1.82, 2.24) is 4.98 Å². The maximum atomic E-state index is 12.1. The number of ketones is 1. The Morgan fingerprint density at radius 1 is 1.25 bits per heavy atom. The average molecular weight is 323 g/mol. The van der Waals surface area contributed by atoms with Crippen LogP contribution in [0.15, 0.2) is 42.6 Å². The summed E-state index contributed by atoms with van der Waals surface area (Å²) >= 11 is 2.19. The molecular formula is C13H10INO. The Kier molecular flexibility index (Phi) is 3.33. The number of hydrogen-bond donors (Lipinski definition) is 0. The van der Waals surface area contributed by atoms with Gasteiger partial charge in [-0.3, -0.25) is 9.78 Å². The molecule has 16 heavy (non-hydrogen) atoms. The molecule has 0 unspecified atom stereocenters. The van der Waals surface area contributed by atoms with Crippen LogP contribution in [-0.4, -0.2) is 10.8 Å². The first kappa shape index (κ1) is 11.3. The zero-order chi connectivity index (χ0) is 11.5. The van der Waals surface area contributed by atoms with E-state index in [1.807, 2.05) is 43.3 Å². The zero-order valence-corrected chi connectivity index (χ0v) is 10.9. The van der Waals surface area contributed by atoms with Gasteiger partial charge in [-0.05, 0) is 59.3 Å². The highest BCUT2D eigenvalue weighted by molar-refractivity contribution is 14.1. The summed E-state index contributed by atoms with van der Waals surface area (Å²) < 4.78 is 1.05. The van der Waals surface area contributed by atoms with Crippen molar-refractivity contribution in [2.75, 3.05) is 0 Å². The van der Waals surface area contributed by atoms with E-state index in [4.69, 9.17) is 0 Å². The van der Waals surface area contributed by atoms with Gasteiger partial charge in [0, 0.05) is 15.3 Å². The highest BCUT2D eigenvalue weighted by Gasteiger charge is 2.10. The van der Waals surface area contributed by atoms with E-state index in [2.05, 4.69) is 27.6 Å². The molecule has 0 N–H and O–H groups in total. The minimum Gasteiger partial charge on any atom is -0.287 e. The first-order valence-corrected chi connectivity index (χ1v) is 5.97. The highest BCUT2D eigenvalue weighted by Crippen LogP contribution is 2.12. The summed E-state index contributed by atoms with van der Waals surface area (Å²) in [4.78, 5) is 16.2. The second kappa shape index (κ2) is 4.74. The number of carbonyl (C=O) groups excluding carboxylic acids is 1. The first-order chi connectivity index (χ1) is 7.66. The van der Waals surface area contributed by atoms with Gasteiger partial charge >= 0.3 is 0 Å². The number of hydrogen-bond acceptors (Lipinski definition) is 2. The van der Waals surface area contributed by atoms with Crippen LogP contribution in [0.1, 0.15) is 21.6 Å². The lowest BCUT2D eigenvalue weighted by atomic mass is 10.1. The topological polar surface area (TPSA) is 30.0 Å². The van der Waals surface area contributed by atoms with E-state index in [0.29, 0.717) is 11.3 Å². The van der Waals surface area contributed by atoms with Crippen LogP contribution in [0, 0.1) is 10.5 Å². The van der Waals surface area contributed by atoms with E-state index in [0.717, 1.165) is 9.13 Å². The molecule has 0 aliphatic rings. The van der Waals surface area contributed by atoms with Crippen LogP contribution >= 0.6 is 22.6 Å². The van der Waals surface area contributed by atoms with Crippen LogP contribution in [0.4, 0.5) is 0 Å². The van der Waals surface area contributed by atoms with Gasteiger partial charge in [-0.15, -0.1) is 0 Å². The predicted molar refractivity (Wildman–Crippen MR) is 71.6 cm³/mol. The van der Waals surface area contributed by atoms with Crippen molar-refractivity contribution < 1.29 is 4.79 Å². The molecule has 0 saturated heterocycles. The number of aromatic nitrogens is 1. The number of halogens is 1. The molecule has 0 fully saturated rings. The first-order valence-electron chi connectivity index (χ1n) is 4.90. The van der Waals surface area contributed by atoms with Gasteiger partial charge in [0.1, 0.15) is 5.69 Å². The van der Waals surface area contributed by atoms with Crippen molar-refractivity contribution in [3.63, 3.8) is 0 Å². The van der Waals surface area contributed by atoms with Crippen LogP contribution in [0.3, 0.4) is 0 Å². The Morgan fingerprint density at radius 2 is 2.06 bits per heavy atom. The molecule has 3 heteroatoms. The summed E-state index contributed by atoms with van der Waals surface area (Å²) in [5.41, 5.74) is 2.23. The smallest absolute Gasteiger partial charge is 0.211 e. The van der Waals surface area contributed by atoms with Crippen LogP contribution < -0.4 is 0 Å². The molecule has 1 aromatic carbocycles. The Bertz CT molecular complexity index is 489. The Hall–Kier alpha value is -1.23. The number of aryl methyl sites for hydroxylation is 1. The molecule has 2 nitrogen and oxygen atoms in total. The molecular weight excluding hydrogens is 313 g/mol. The lowest BCUT2D eigenvalue weighted by Gasteiger charge is -2.01. The summed E-state index contributed by atoms with van der Waals surface area (Å²) in [5.74, 6) is -0.0257. The van der Waals surface area contributed by atoms with E-state index in [9.17, 15) is 4.79 Å². The van der Waals surface area contributed by atoms with Crippen LogP contribution in [0.5, 0.6) is 0 Å². The van der Waals surface area contributed by atoms with E-state index >= 15 is 0 Å². The van der Waals surface area contributed by atoms with Gasteiger partial charge in [0.15, 0.2) is 0 Å². The summed E-state index contributed by atoms with van der Waals surface area (Å²) in [5, 5.41) is 0. The number of rotatable bonds is 2. The summed E-state index contributed by atoms with van der Waals surface area (Å²) in [7, 11) is 0. The molecule has 2 aromatic rings. The molecule has 80 valence electrons. The molecule has 2 rings (SSSR count). The fourth-order valence-corrected chi connectivity index (χ4v) is 1.98. The highest BCUT2D eigenvalue weighted by atomic mass is 127. The minimum atomic E-state index is -0.0257. The Morgan fingerprint density at radius 3 is 2.75 bits per heavy atom.